The summed E-state index contributed by atoms with van der Waals surface area (Å²) in [6.07, 6.45) is 2.42. The number of carbonyl (C=O) groups excluding carboxylic acids is 1. The summed E-state index contributed by atoms with van der Waals surface area (Å²) < 4.78 is 0. The summed E-state index contributed by atoms with van der Waals surface area (Å²) in [6, 6.07) is 7.14. The Hall–Kier alpha value is -1.55. The van der Waals surface area contributed by atoms with Crippen molar-refractivity contribution in [2.45, 2.75) is 31.4 Å². The predicted molar refractivity (Wildman–Crippen MR) is 62.2 cm³/mol. The lowest BCUT2D eigenvalue weighted by atomic mass is 10.1. The van der Waals surface area contributed by atoms with Gasteiger partial charge < -0.3 is 16.2 Å². The molecule has 0 unspecified atom stereocenters. The van der Waals surface area contributed by atoms with Crippen LogP contribution >= 0.6 is 0 Å². The standard InChI is InChI=1S/C12H16N2O2/c13-12(16)8-4-1-2-5-9(8)14-10-6-3-7-11(10)15/h1-2,4-5,10-11,14-15H,3,6-7H2,(H2,13,16)/t10-,11-/m0/s1. The van der Waals surface area contributed by atoms with Crippen LogP contribution in [-0.2, 0) is 0 Å². The molecule has 1 aliphatic carbocycles. The molecule has 0 spiro atoms. The molecule has 0 aliphatic heterocycles. The van der Waals surface area contributed by atoms with Gasteiger partial charge in [0.05, 0.1) is 17.7 Å². The summed E-state index contributed by atoms with van der Waals surface area (Å²) in [7, 11) is 0. The average molecular weight is 220 g/mol. The van der Waals surface area contributed by atoms with E-state index in [0.29, 0.717) is 11.3 Å². The highest BCUT2D eigenvalue weighted by Crippen LogP contribution is 2.24. The van der Waals surface area contributed by atoms with E-state index in [-0.39, 0.29) is 12.1 Å². The third-order valence-electron chi connectivity index (χ3n) is 3.01. The Bertz CT molecular complexity index is 392. The number of anilines is 1. The number of carbonyl (C=O) groups is 1. The van der Waals surface area contributed by atoms with E-state index in [2.05, 4.69) is 5.32 Å². The number of primary amides is 1. The minimum Gasteiger partial charge on any atom is -0.391 e. The summed E-state index contributed by atoms with van der Waals surface area (Å²) in [5.74, 6) is -0.449. The van der Waals surface area contributed by atoms with Gasteiger partial charge in [0, 0.05) is 5.69 Å². The van der Waals surface area contributed by atoms with Crippen LogP contribution in [0.2, 0.25) is 0 Å². The topological polar surface area (TPSA) is 75.4 Å². The molecule has 4 nitrogen and oxygen atoms in total. The van der Waals surface area contributed by atoms with Gasteiger partial charge in [-0.05, 0) is 31.4 Å². The SMILES string of the molecule is NC(=O)c1ccccc1N[C@H]1CCC[C@@H]1O. The Morgan fingerprint density at radius 1 is 1.38 bits per heavy atom. The number of rotatable bonds is 3. The zero-order chi connectivity index (χ0) is 11.5. The second-order valence-electron chi connectivity index (χ2n) is 4.16. The van der Waals surface area contributed by atoms with Crippen molar-refractivity contribution >= 4 is 11.6 Å². The highest BCUT2D eigenvalue weighted by atomic mass is 16.3. The van der Waals surface area contributed by atoms with Gasteiger partial charge in [-0.2, -0.15) is 0 Å². The van der Waals surface area contributed by atoms with Gasteiger partial charge in [0.25, 0.3) is 5.91 Å². The highest BCUT2D eigenvalue weighted by molar-refractivity contribution is 5.98. The van der Waals surface area contributed by atoms with Crippen LogP contribution in [0.25, 0.3) is 0 Å². The van der Waals surface area contributed by atoms with Crippen LogP contribution in [-0.4, -0.2) is 23.2 Å². The summed E-state index contributed by atoms with van der Waals surface area (Å²) in [5, 5.41) is 12.9. The minimum atomic E-state index is -0.449. The zero-order valence-corrected chi connectivity index (χ0v) is 9.02. The second-order valence-corrected chi connectivity index (χ2v) is 4.16. The maximum atomic E-state index is 11.2. The molecular formula is C12H16N2O2. The Balaban J connectivity index is 2.17. The lowest BCUT2D eigenvalue weighted by Gasteiger charge is -2.19. The van der Waals surface area contributed by atoms with Crippen LogP contribution in [0.15, 0.2) is 24.3 Å². The number of aliphatic hydroxyl groups excluding tert-OH is 1. The van der Waals surface area contributed by atoms with Crippen molar-refractivity contribution in [3.05, 3.63) is 29.8 Å². The largest absolute Gasteiger partial charge is 0.391 e. The molecule has 4 N–H and O–H groups in total. The Morgan fingerprint density at radius 3 is 2.75 bits per heavy atom. The fraction of sp³-hybridized carbons (Fsp3) is 0.417. The molecule has 16 heavy (non-hydrogen) atoms. The van der Waals surface area contributed by atoms with Crippen LogP contribution in [0.3, 0.4) is 0 Å². The second kappa shape index (κ2) is 4.53. The van der Waals surface area contributed by atoms with Gasteiger partial charge in [-0.1, -0.05) is 12.1 Å². The first-order valence-corrected chi connectivity index (χ1v) is 5.52. The number of benzene rings is 1. The van der Waals surface area contributed by atoms with Gasteiger partial charge in [-0.25, -0.2) is 0 Å². The molecular weight excluding hydrogens is 204 g/mol. The third kappa shape index (κ3) is 2.17. The molecule has 0 heterocycles. The maximum absolute atomic E-state index is 11.2. The molecule has 0 radical (unpaired) electrons. The summed E-state index contributed by atoms with van der Waals surface area (Å²) >= 11 is 0. The molecule has 2 atom stereocenters. The number of nitrogens with one attached hydrogen (secondary N) is 1. The summed E-state index contributed by atoms with van der Waals surface area (Å²) in [5.41, 5.74) is 6.46. The van der Waals surface area contributed by atoms with Gasteiger partial charge in [-0.3, -0.25) is 4.79 Å². The first kappa shape index (κ1) is 11.0. The molecule has 1 fully saturated rings. The van der Waals surface area contributed by atoms with E-state index in [1.54, 1.807) is 12.1 Å². The van der Waals surface area contributed by atoms with Crippen molar-refractivity contribution in [3.63, 3.8) is 0 Å². The number of aliphatic hydroxyl groups is 1. The van der Waals surface area contributed by atoms with Crippen molar-refractivity contribution in [2.24, 2.45) is 5.73 Å². The van der Waals surface area contributed by atoms with Crippen LogP contribution in [0.5, 0.6) is 0 Å². The number of amides is 1. The van der Waals surface area contributed by atoms with E-state index in [0.717, 1.165) is 19.3 Å². The Kier molecular flexibility index (Phi) is 3.10. The minimum absolute atomic E-state index is 0.0282. The van der Waals surface area contributed by atoms with Gasteiger partial charge in [-0.15, -0.1) is 0 Å². The lowest BCUT2D eigenvalue weighted by molar-refractivity contribution is 0.100. The van der Waals surface area contributed by atoms with E-state index >= 15 is 0 Å². The van der Waals surface area contributed by atoms with Crippen LogP contribution < -0.4 is 11.1 Å². The number of nitrogens with two attached hydrogens (primary N) is 1. The van der Waals surface area contributed by atoms with Gasteiger partial charge in [0.1, 0.15) is 0 Å². The molecule has 4 heteroatoms. The van der Waals surface area contributed by atoms with E-state index in [4.69, 9.17) is 5.73 Å². The quantitative estimate of drug-likeness (QED) is 0.714. The molecule has 1 aliphatic rings. The summed E-state index contributed by atoms with van der Waals surface area (Å²) in [4.78, 5) is 11.2. The Morgan fingerprint density at radius 2 is 2.12 bits per heavy atom. The number of hydrogen-bond acceptors (Lipinski definition) is 3. The van der Waals surface area contributed by atoms with Crippen molar-refractivity contribution in [2.75, 3.05) is 5.32 Å². The molecule has 1 amide bonds. The molecule has 2 rings (SSSR count). The van der Waals surface area contributed by atoms with Crippen LogP contribution in [0.1, 0.15) is 29.6 Å². The van der Waals surface area contributed by atoms with Crippen molar-refractivity contribution in [1.29, 1.82) is 0 Å². The predicted octanol–water partition coefficient (Wildman–Crippen LogP) is 1.11. The van der Waals surface area contributed by atoms with E-state index in [1.807, 2.05) is 12.1 Å². The van der Waals surface area contributed by atoms with E-state index < -0.39 is 5.91 Å². The average Bonchev–Trinajstić information content (AvgIpc) is 2.65. The van der Waals surface area contributed by atoms with Crippen molar-refractivity contribution < 1.29 is 9.90 Å². The van der Waals surface area contributed by atoms with Gasteiger partial charge in [0.15, 0.2) is 0 Å². The van der Waals surface area contributed by atoms with Crippen molar-refractivity contribution in [1.82, 2.24) is 0 Å². The van der Waals surface area contributed by atoms with Crippen LogP contribution in [0.4, 0.5) is 5.69 Å². The monoisotopic (exact) mass is 220 g/mol. The zero-order valence-electron chi connectivity index (χ0n) is 9.02. The molecule has 1 saturated carbocycles. The fourth-order valence-electron chi connectivity index (χ4n) is 2.13. The molecule has 1 aromatic carbocycles. The first-order valence-electron chi connectivity index (χ1n) is 5.52. The van der Waals surface area contributed by atoms with E-state index in [1.165, 1.54) is 0 Å². The smallest absolute Gasteiger partial charge is 0.250 e. The Labute approximate surface area is 94.5 Å². The van der Waals surface area contributed by atoms with Gasteiger partial charge >= 0.3 is 0 Å². The van der Waals surface area contributed by atoms with Crippen LogP contribution in [0, 0.1) is 0 Å². The third-order valence-corrected chi connectivity index (χ3v) is 3.01. The van der Waals surface area contributed by atoms with Crippen molar-refractivity contribution in [3.8, 4) is 0 Å². The molecule has 1 aromatic rings. The maximum Gasteiger partial charge on any atom is 0.250 e. The highest BCUT2D eigenvalue weighted by Gasteiger charge is 2.25. The summed E-state index contributed by atoms with van der Waals surface area (Å²) in [6.45, 7) is 0. The fourth-order valence-corrected chi connectivity index (χ4v) is 2.13. The molecule has 0 aromatic heterocycles. The number of hydrogen-bond donors (Lipinski definition) is 3. The molecule has 0 bridgehead atoms. The molecule has 0 saturated heterocycles. The lowest BCUT2D eigenvalue weighted by Crippen LogP contribution is -2.29. The number of para-hydroxylation sites is 1. The molecule has 86 valence electrons. The van der Waals surface area contributed by atoms with E-state index in [9.17, 15) is 9.90 Å². The first-order chi connectivity index (χ1) is 7.68. The normalized spacial score (nSPS) is 24.3. The van der Waals surface area contributed by atoms with Gasteiger partial charge in [0.2, 0.25) is 0 Å².